The van der Waals surface area contributed by atoms with Crippen LogP contribution in [0.1, 0.15) is 40.2 Å². The molecule has 0 fully saturated rings. The molecule has 0 bridgehead atoms. The molecule has 0 aliphatic carbocycles. The molecular weight excluding hydrogens is 206 g/mol. The normalized spacial score (nSPS) is 14.3. The summed E-state index contributed by atoms with van der Waals surface area (Å²) in [5.41, 5.74) is 1.28. The third kappa shape index (κ3) is 3.13. The van der Waals surface area contributed by atoms with Crippen LogP contribution in [0.2, 0.25) is 0 Å². The van der Waals surface area contributed by atoms with Crippen molar-refractivity contribution in [3.8, 4) is 0 Å². The second kappa shape index (κ2) is 4.44. The average Bonchev–Trinajstić information content (AvgIpc) is 2.15. The quantitative estimate of drug-likeness (QED) is 0.774. The Hall–Kier alpha value is -0.700. The first-order valence-corrected chi connectivity index (χ1v) is 6.41. The highest BCUT2D eigenvalue weighted by Gasteiger charge is 2.15. The van der Waals surface area contributed by atoms with Gasteiger partial charge in [0.25, 0.3) is 0 Å². The van der Waals surface area contributed by atoms with Crippen LogP contribution in [0.4, 0.5) is 0 Å². The van der Waals surface area contributed by atoms with Gasteiger partial charge in [-0.3, -0.25) is 4.21 Å². The van der Waals surface area contributed by atoms with E-state index in [9.17, 15) is 4.21 Å². The molecule has 2 nitrogen and oxygen atoms in total. The summed E-state index contributed by atoms with van der Waals surface area (Å²) in [6.07, 6.45) is 1.83. The van der Waals surface area contributed by atoms with Gasteiger partial charge in [0.2, 0.25) is 0 Å². The van der Waals surface area contributed by atoms with Crippen LogP contribution < -0.4 is 0 Å². The maximum Gasteiger partial charge on any atom is 0.127 e. The van der Waals surface area contributed by atoms with Gasteiger partial charge in [0, 0.05) is 11.4 Å². The van der Waals surface area contributed by atoms with Crippen LogP contribution in [0.15, 0.2) is 23.4 Å². The van der Waals surface area contributed by atoms with Crippen LogP contribution in [-0.2, 0) is 16.2 Å². The van der Waals surface area contributed by atoms with Gasteiger partial charge in [0.15, 0.2) is 0 Å². The molecule has 0 saturated carbocycles. The van der Waals surface area contributed by atoms with Crippen molar-refractivity contribution in [2.75, 3.05) is 0 Å². The average molecular weight is 225 g/mol. The van der Waals surface area contributed by atoms with E-state index >= 15 is 0 Å². The summed E-state index contributed by atoms with van der Waals surface area (Å²) >= 11 is 0. The van der Waals surface area contributed by atoms with Gasteiger partial charge >= 0.3 is 0 Å². The van der Waals surface area contributed by atoms with Crippen LogP contribution in [-0.4, -0.2) is 14.4 Å². The zero-order valence-electron chi connectivity index (χ0n) is 10.1. The lowest BCUT2D eigenvalue weighted by Crippen LogP contribution is -2.13. The van der Waals surface area contributed by atoms with E-state index in [4.69, 9.17) is 0 Å². The van der Waals surface area contributed by atoms with Gasteiger partial charge in [-0.2, -0.15) is 0 Å². The summed E-state index contributed by atoms with van der Waals surface area (Å²) in [4.78, 5) is 4.27. The molecular formula is C12H19NOS. The number of nitrogens with zero attached hydrogens (tertiary/aromatic N) is 1. The molecule has 15 heavy (non-hydrogen) atoms. The standard InChI is InChI=1S/C12H19NOS/c1-9(2)15(14)11-7-6-10(8-13-11)12(3,4)5/h6-9H,1-5H3. The van der Waals surface area contributed by atoms with Gasteiger partial charge in [0.05, 0.1) is 10.8 Å². The number of rotatable bonds is 2. The van der Waals surface area contributed by atoms with E-state index < -0.39 is 10.8 Å². The van der Waals surface area contributed by atoms with Crippen LogP contribution in [0.5, 0.6) is 0 Å². The fraction of sp³-hybridized carbons (Fsp3) is 0.583. The molecule has 0 aliphatic heterocycles. The fourth-order valence-electron chi connectivity index (χ4n) is 1.18. The molecule has 1 heterocycles. The summed E-state index contributed by atoms with van der Waals surface area (Å²) < 4.78 is 11.8. The molecule has 1 rings (SSSR count). The van der Waals surface area contributed by atoms with Crippen molar-refractivity contribution in [2.45, 2.75) is 50.3 Å². The SMILES string of the molecule is CC(C)S(=O)c1ccc(C(C)(C)C)cn1. The molecule has 84 valence electrons. The lowest BCUT2D eigenvalue weighted by molar-refractivity contribution is 0.585. The van der Waals surface area contributed by atoms with E-state index in [0.29, 0.717) is 5.03 Å². The predicted octanol–water partition coefficient (Wildman–Crippen LogP) is 2.90. The third-order valence-electron chi connectivity index (χ3n) is 2.24. The minimum Gasteiger partial charge on any atom is -0.252 e. The van der Waals surface area contributed by atoms with Crippen LogP contribution >= 0.6 is 0 Å². The summed E-state index contributed by atoms with van der Waals surface area (Å²) in [5, 5.41) is 0.802. The molecule has 1 aromatic rings. The zero-order chi connectivity index (χ0) is 11.6. The fourth-order valence-corrected chi connectivity index (χ4v) is 2.03. The largest absolute Gasteiger partial charge is 0.252 e. The number of hydrogen-bond donors (Lipinski definition) is 0. The van der Waals surface area contributed by atoms with Crippen molar-refractivity contribution in [1.29, 1.82) is 0 Å². The second-order valence-electron chi connectivity index (χ2n) is 4.98. The number of aromatic nitrogens is 1. The lowest BCUT2D eigenvalue weighted by Gasteiger charge is -2.18. The molecule has 3 heteroatoms. The Morgan fingerprint density at radius 2 is 1.87 bits per heavy atom. The first-order chi connectivity index (χ1) is 6.82. The van der Waals surface area contributed by atoms with Crippen LogP contribution in [0, 0.1) is 0 Å². The Morgan fingerprint density at radius 1 is 1.27 bits per heavy atom. The Kier molecular flexibility index (Phi) is 3.66. The molecule has 0 aliphatic rings. The molecule has 1 atom stereocenters. The van der Waals surface area contributed by atoms with Gasteiger partial charge in [-0.05, 0) is 17.0 Å². The van der Waals surface area contributed by atoms with Crippen molar-refractivity contribution in [2.24, 2.45) is 0 Å². The van der Waals surface area contributed by atoms with Gasteiger partial charge in [-0.25, -0.2) is 4.98 Å². The smallest absolute Gasteiger partial charge is 0.127 e. The molecule has 0 spiro atoms. The molecule has 0 amide bonds. The first-order valence-electron chi connectivity index (χ1n) is 5.19. The van der Waals surface area contributed by atoms with E-state index in [1.54, 1.807) is 0 Å². The minimum atomic E-state index is -0.981. The second-order valence-corrected chi connectivity index (χ2v) is 6.94. The van der Waals surface area contributed by atoms with Gasteiger partial charge in [-0.1, -0.05) is 40.7 Å². The minimum absolute atomic E-state index is 0.102. The van der Waals surface area contributed by atoms with Crippen molar-refractivity contribution in [3.63, 3.8) is 0 Å². The van der Waals surface area contributed by atoms with Gasteiger partial charge in [-0.15, -0.1) is 0 Å². The van der Waals surface area contributed by atoms with E-state index in [1.165, 1.54) is 5.56 Å². The van der Waals surface area contributed by atoms with Crippen molar-refractivity contribution < 1.29 is 4.21 Å². The van der Waals surface area contributed by atoms with Gasteiger partial charge < -0.3 is 0 Å². The first kappa shape index (κ1) is 12.4. The van der Waals surface area contributed by atoms with E-state index in [1.807, 2.05) is 32.2 Å². The lowest BCUT2D eigenvalue weighted by atomic mass is 9.88. The Labute approximate surface area is 94.6 Å². The number of pyridine rings is 1. The van der Waals surface area contributed by atoms with Crippen LogP contribution in [0.25, 0.3) is 0 Å². The monoisotopic (exact) mass is 225 g/mol. The molecule has 0 radical (unpaired) electrons. The summed E-state index contributed by atoms with van der Waals surface area (Å²) in [6, 6.07) is 3.89. The highest BCUT2D eigenvalue weighted by atomic mass is 32.2. The Balaban J connectivity index is 2.96. The van der Waals surface area contributed by atoms with Crippen LogP contribution in [0.3, 0.4) is 0 Å². The maximum absolute atomic E-state index is 11.8. The summed E-state index contributed by atoms with van der Waals surface area (Å²) in [7, 11) is -0.981. The van der Waals surface area contributed by atoms with Gasteiger partial charge in [0.1, 0.15) is 5.03 Å². The highest BCUT2D eigenvalue weighted by molar-refractivity contribution is 7.85. The topological polar surface area (TPSA) is 30.0 Å². The van der Waals surface area contributed by atoms with E-state index in [0.717, 1.165) is 0 Å². The molecule has 1 unspecified atom stereocenters. The van der Waals surface area contributed by atoms with E-state index in [2.05, 4.69) is 25.8 Å². The van der Waals surface area contributed by atoms with Crippen molar-refractivity contribution >= 4 is 10.8 Å². The summed E-state index contributed by atoms with van der Waals surface area (Å²) in [6.45, 7) is 10.3. The molecule has 0 saturated heterocycles. The van der Waals surface area contributed by atoms with Crippen molar-refractivity contribution in [1.82, 2.24) is 4.98 Å². The van der Waals surface area contributed by atoms with Crippen molar-refractivity contribution in [3.05, 3.63) is 23.9 Å². The molecule has 0 aromatic carbocycles. The number of hydrogen-bond acceptors (Lipinski definition) is 2. The summed E-state index contributed by atoms with van der Waals surface area (Å²) in [5.74, 6) is 0. The Morgan fingerprint density at radius 3 is 2.20 bits per heavy atom. The predicted molar refractivity (Wildman–Crippen MR) is 64.5 cm³/mol. The maximum atomic E-state index is 11.8. The Bertz CT molecular complexity index is 349. The highest BCUT2D eigenvalue weighted by Crippen LogP contribution is 2.21. The molecule has 1 aromatic heterocycles. The molecule has 0 N–H and O–H groups in total. The third-order valence-corrected chi connectivity index (χ3v) is 3.75. The van der Waals surface area contributed by atoms with E-state index in [-0.39, 0.29) is 10.7 Å². The zero-order valence-corrected chi connectivity index (χ0v) is 10.9.